The Labute approximate surface area is 99.9 Å². The van der Waals surface area contributed by atoms with Crippen LogP contribution in [0.2, 0.25) is 0 Å². The molecule has 17 heavy (non-hydrogen) atoms. The number of methoxy groups -OCH3 is 1. The molecule has 0 bridgehead atoms. The average Bonchev–Trinajstić information content (AvgIpc) is 2.33. The van der Waals surface area contributed by atoms with Crippen molar-refractivity contribution in [2.45, 2.75) is 25.7 Å². The summed E-state index contributed by atoms with van der Waals surface area (Å²) in [6, 6.07) is 5.44. The summed E-state index contributed by atoms with van der Waals surface area (Å²) in [7, 11) is 1.56. The second-order valence-electron chi connectivity index (χ2n) is 4.85. The van der Waals surface area contributed by atoms with Crippen LogP contribution in [0.1, 0.15) is 36.2 Å². The maximum absolute atomic E-state index is 12.1. The zero-order valence-corrected chi connectivity index (χ0v) is 10.2. The van der Waals surface area contributed by atoms with Gasteiger partial charge in [0.2, 0.25) is 5.78 Å². The first kappa shape index (κ1) is 11.6. The van der Waals surface area contributed by atoms with Crippen LogP contribution in [0.15, 0.2) is 23.4 Å². The summed E-state index contributed by atoms with van der Waals surface area (Å²) in [6.45, 7) is 4.05. The Balaban J connectivity index is 2.64. The predicted octanol–water partition coefficient (Wildman–Crippen LogP) is 2.39. The lowest BCUT2D eigenvalue weighted by molar-refractivity contribution is 0.104. The number of ketones is 1. The number of hydrogen-bond acceptors (Lipinski definition) is 4. The Kier molecular flexibility index (Phi) is 2.65. The van der Waals surface area contributed by atoms with E-state index in [0.29, 0.717) is 17.7 Å². The lowest BCUT2D eigenvalue weighted by Crippen LogP contribution is -2.34. The first-order chi connectivity index (χ1) is 7.99. The smallest absolute Gasteiger partial charge is 0.211 e. The van der Waals surface area contributed by atoms with Gasteiger partial charge < -0.3 is 9.94 Å². The third-order valence-electron chi connectivity index (χ3n) is 3.19. The largest absolute Gasteiger partial charge is 0.497 e. The Bertz CT molecular complexity index is 503. The molecule has 0 saturated heterocycles. The van der Waals surface area contributed by atoms with Crippen molar-refractivity contribution in [2.75, 3.05) is 7.11 Å². The maximum atomic E-state index is 12.1. The molecule has 0 fully saturated rings. The highest BCUT2D eigenvalue weighted by molar-refractivity contribution is 6.47. The van der Waals surface area contributed by atoms with Crippen LogP contribution in [0, 0.1) is 0 Å². The Morgan fingerprint density at radius 3 is 2.71 bits per heavy atom. The van der Waals surface area contributed by atoms with Crippen molar-refractivity contribution in [1.82, 2.24) is 0 Å². The molecule has 1 N–H and O–H groups in total. The van der Waals surface area contributed by atoms with Crippen LogP contribution in [0.3, 0.4) is 0 Å². The van der Waals surface area contributed by atoms with Gasteiger partial charge in [0.1, 0.15) is 11.5 Å². The molecule has 0 unspecified atom stereocenters. The minimum atomic E-state index is -0.222. The quantitative estimate of drug-likeness (QED) is 0.598. The van der Waals surface area contributed by atoms with Gasteiger partial charge in [0.25, 0.3) is 0 Å². The van der Waals surface area contributed by atoms with Crippen molar-refractivity contribution in [1.29, 1.82) is 0 Å². The van der Waals surface area contributed by atoms with Crippen molar-refractivity contribution in [3.05, 3.63) is 29.3 Å². The number of rotatable bonds is 1. The van der Waals surface area contributed by atoms with Crippen LogP contribution in [-0.4, -0.2) is 23.8 Å². The molecule has 0 heterocycles. The fourth-order valence-electron chi connectivity index (χ4n) is 2.26. The summed E-state index contributed by atoms with van der Waals surface area (Å²) in [5.74, 6) is 0.410. The number of oxime groups is 1. The van der Waals surface area contributed by atoms with Crippen LogP contribution in [-0.2, 0) is 5.41 Å². The van der Waals surface area contributed by atoms with E-state index in [2.05, 4.69) is 5.16 Å². The zero-order valence-electron chi connectivity index (χ0n) is 10.2. The van der Waals surface area contributed by atoms with E-state index in [0.717, 1.165) is 5.56 Å². The van der Waals surface area contributed by atoms with Gasteiger partial charge in [-0.1, -0.05) is 25.1 Å². The number of carbonyl (C=O) groups is 1. The van der Waals surface area contributed by atoms with Crippen LogP contribution in [0.4, 0.5) is 0 Å². The van der Waals surface area contributed by atoms with Crippen LogP contribution < -0.4 is 4.74 Å². The molecule has 4 heteroatoms. The van der Waals surface area contributed by atoms with Crippen LogP contribution in [0.25, 0.3) is 0 Å². The minimum Gasteiger partial charge on any atom is -0.497 e. The molecule has 0 saturated carbocycles. The molecule has 0 aromatic heterocycles. The summed E-state index contributed by atoms with van der Waals surface area (Å²) in [5, 5.41) is 12.0. The van der Waals surface area contributed by atoms with E-state index in [1.165, 1.54) is 0 Å². The summed E-state index contributed by atoms with van der Waals surface area (Å²) < 4.78 is 5.11. The van der Waals surface area contributed by atoms with Crippen molar-refractivity contribution in [2.24, 2.45) is 5.16 Å². The molecule has 0 spiro atoms. The van der Waals surface area contributed by atoms with Gasteiger partial charge in [-0.3, -0.25) is 4.79 Å². The SMILES string of the molecule is COc1ccc2c(c1)C(=O)/C(=N\O)CC2(C)C. The van der Waals surface area contributed by atoms with Gasteiger partial charge in [-0.2, -0.15) is 0 Å². The van der Waals surface area contributed by atoms with E-state index < -0.39 is 0 Å². The zero-order chi connectivity index (χ0) is 12.6. The number of fused-ring (bicyclic) bond motifs is 1. The Hall–Kier alpha value is -1.84. The molecule has 0 amide bonds. The molecule has 0 radical (unpaired) electrons. The van der Waals surface area contributed by atoms with Gasteiger partial charge in [0, 0.05) is 12.0 Å². The molecule has 0 aliphatic heterocycles. The van der Waals surface area contributed by atoms with E-state index in [4.69, 9.17) is 9.94 Å². The number of benzene rings is 1. The van der Waals surface area contributed by atoms with E-state index in [1.807, 2.05) is 26.0 Å². The van der Waals surface area contributed by atoms with Gasteiger partial charge in [-0.05, 0) is 23.1 Å². The molecule has 1 aromatic carbocycles. The van der Waals surface area contributed by atoms with Crippen molar-refractivity contribution >= 4 is 11.5 Å². The van der Waals surface area contributed by atoms with Crippen molar-refractivity contribution in [3.8, 4) is 5.75 Å². The van der Waals surface area contributed by atoms with Gasteiger partial charge in [0.15, 0.2) is 0 Å². The van der Waals surface area contributed by atoms with Gasteiger partial charge in [-0.25, -0.2) is 0 Å². The molecule has 90 valence electrons. The molecule has 1 aliphatic carbocycles. The molecule has 1 aliphatic rings. The van der Waals surface area contributed by atoms with E-state index in [-0.39, 0.29) is 16.9 Å². The monoisotopic (exact) mass is 233 g/mol. The molecule has 1 aromatic rings. The van der Waals surface area contributed by atoms with E-state index in [9.17, 15) is 4.79 Å². The second-order valence-corrected chi connectivity index (χ2v) is 4.85. The number of carbonyl (C=O) groups excluding carboxylic acids is 1. The summed E-state index contributed by atoms with van der Waals surface area (Å²) >= 11 is 0. The van der Waals surface area contributed by atoms with Gasteiger partial charge in [0.05, 0.1) is 7.11 Å². The predicted molar refractivity (Wildman–Crippen MR) is 64.2 cm³/mol. The average molecular weight is 233 g/mol. The number of Topliss-reactive ketones (excluding diaryl/α,β-unsaturated/α-hetero) is 1. The topological polar surface area (TPSA) is 58.9 Å². The number of hydrogen-bond donors (Lipinski definition) is 1. The summed E-state index contributed by atoms with van der Waals surface area (Å²) in [6.07, 6.45) is 0.446. The standard InChI is InChI=1S/C13H15NO3/c1-13(2)7-11(14-16)12(15)9-6-8(17-3)4-5-10(9)13/h4-6,16H,7H2,1-3H3/b14-11-. The Morgan fingerprint density at radius 1 is 1.41 bits per heavy atom. The third-order valence-corrected chi connectivity index (χ3v) is 3.19. The first-order valence-electron chi connectivity index (χ1n) is 5.44. The fraction of sp³-hybridized carbons (Fsp3) is 0.385. The molecule has 0 atom stereocenters. The minimum absolute atomic E-state index is 0.204. The van der Waals surface area contributed by atoms with Gasteiger partial charge in [-0.15, -0.1) is 0 Å². The van der Waals surface area contributed by atoms with E-state index >= 15 is 0 Å². The first-order valence-corrected chi connectivity index (χ1v) is 5.44. The molecule has 4 nitrogen and oxygen atoms in total. The van der Waals surface area contributed by atoms with Gasteiger partial charge >= 0.3 is 0 Å². The normalized spacial score (nSPS) is 20.2. The highest BCUT2D eigenvalue weighted by atomic mass is 16.5. The maximum Gasteiger partial charge on any atom is 0.211 e. The lowest BCUT2D eigenvalue weighted by atomic mass is 9.71. The number of nitrogens with zero attached hydrogens (tertiary/aromatic N) is 1. The van der Waals surface area contributed by atoms with Crippen LogP contribution >= 0.6 is 0 Å². The highest BCUT2D eigenvalue weighted by Gasteiger charge is 2.36. The second kappa shape index (κ2) is 3.87. The summed E-state index contributed by atoms with van der Waals surface area (Å²) in [5.41, 5.74) is 1.52. The highest BCUT2D eigenvalue weighted by Crippen LogP contribution is 2.37. The molecule has 2 rings (SSSR count). The van der Waals surface area contributed by atoms with E-state index in [1.54, 1.807) is 13.2 Å². The lowest BCUT2D eigenvalue weighted by Gasteiger charge is -2.31. The summed E-state index contributed by atoms with van der Waals surface area (Å²) in [4.78, 5) is 12.1. The fourth-order valence-corrected chi connectivity index (χ4v) is 2.26. The van der Waals surface area contributed by atoms with Crippen LogP contribution in [0.5, 0.6) is 5.75 Å². The Morgan fingerprint density at radius 2 is 2.12 bits per heavy atom. The third kappa shape index (κ3) is 1.79. The number of ether oxygens (including phenoxy) is 1. The van der Waals surface area contributed by atoms with Crippen molar-refractivity contribution < 1.29 is 14.7 Å². The van der Waals surface area contributed by atoms with Crippen molar-refractivity contribution in [3.63, 3.8) is 0 Å². The molecular weight excluding hydrogens is 218 g/mol. The molecular formula is C13H15NO3.